The van der Waals surface area contributed by atoms with Gasteiger partial charge in [-0.1, -0.05) is 38.9 Å². The van der Waals surface area contributed by atoms with Crippen LogP contribution in [0.3, 0.4) is 0 Å². The molecule has 0 aliphatic rings. The van der Waals surface area contributed by atoms with Crippen molar-refractivity contribution in [3.8, 4) is 5.75 Å². The van der Waals surface area contributed by atoms with Crippen LogP contribution in [0.5, 0.6) is 5.75 Å². The highest BCUT2D eigenvalue weighted by molar-refractivity contribution is 5.97. The van der Waals surface area contributed by atoms with Crippen molar-refractivity contribution in [3.05, 3.63) is 41.0 Å². The third-order valence-corrected chi connectivity index (χ3v) is 3.51. The van der Waals surface area contributed by atoms with Crippen LogP contribution in [0.15, 0.2) is 23.0 Å². The van der Waals surface area contributed by atoms with Crippen molar-refractivity contribution in [1.82, 2.24) is 15.5 Å². The Morgan fingerprint density at radius 2 is 2.00 bits per heavy atom. The Balaban J connectivity index is 2.29. The van der Waals surface area contributed by atoms with Crippen LogP contribution in [-0.2, 0) is 6.54 Å². The molecule has 0 aliphatic heterocycles. The first-order chi connectivity index (χ1) is 10.4. The Morgan fingerprint density at radius 1 is 1.27 bits per heavy atom. The van der Waals surface area contributed by atoms with Gasteiger partial charge in [-0.05, 0) is 29.0 Å². The summed E-state index contributed by atoms with van der Waals surface area (Å²) < 4.78 is 4.62. The minimum absolute atomic E-state index is 0.0324. The summed E-state index contributed by atoms with van der Waals surface area (Å²) in [6.45, 7) is 8.23. The highest BCUT2D eigenvalue weighted by Gasteiger charge is 2.19. The van der Waals surface area contributed by atoms with Crippen LogP contribution in [0.2, 0.25) is 0 Å². The first-order valence-corrected chi connectivity index (χ1v) is 7.30. The summed E-state index contributed by atoms with van der Waals surface area (Å²) in [5.74, 6) is 0.456. The molecule has 1 aromatic carbocycles. The largest absolute Gasteiger partial charge is 0.507 e. The molecule has 0 atom stereocenters. The second-order valence-electron chi connectivity index (χ2n) is 5.85. The molecule has 22 heavy (non-hydrogen) atoms. The Morgan fingerprint density at radius 3 is 2.55 bits per heavy atom. The van der Waals surface area contributed by atoms with E-state index < -0.39 is 0 Å². The van der Waals surface area contributed by atoms with E-state index in [4.69, 9.17) is 0 Å². The van der Waals surface area contributed by atoms with E-state index in [1.807, 2.05) is 19.9 Å². The zero-order valence-electron chi connectivity index (χ0n) is 13.3. The molecule has 6 nitrogen and oxygen atoms in total. The van der Waals surface area contributed by atoms with Crippen molar-refractivity contribution in [3.63, 3.8) is 0 Å². The van der Waals surface area contributed by atoms with Crippen LogP contribution < -0.4 is 5.32 Å². The first kappa shape index (κ1) is 16.0. The summed E-state index contributed by atoms with van der Waals surface area (Å²) in [4.78, 5) is 16.2. The second-order valence-corrected chi connectivity index (χ2v) is 5.85. The number of carbonyl (C=O) groups is 1. The maximum atomic E-state index is 12.4. The average molecular weight is 303 g/mol. The number of aromatic hydroxyl groups is 1. The molecule has 2 aromatic rings. The van der Waals surface area contributed by atoms with Gasteiger partial charge in [-0.15, -0.1) is 0 Å². The molecule has 0 saturated heterocycles. The standard InChI is InChI=1S/C16H21N3O3/c1-9(2)11-5-12(10(3)4)15(20)13(6-11)16(21)17-7-14-18-8-22-19-14/h5-6,8-10,20H,7H2,1-4H3,(H,17,21). The zero-order chi connectivity index (χ0) is 16.3. The number of nitrogens with one attached hydrogen (secondary N) is 1. The molecule has 118 valence electrons. The van der Waals surface area contributed by atoms with Gasteiger partial charge in [-0.2, -0.15) is 4.98 Å². The van der Waals surface area contributed by atoms with Gasteiger partial charge in [0, 0.05) is 0 Å². The normalized spacial score (nSPS) is 11.2. The number of phenolic OH excluding ortho intramolecular Hbond substituents is 1. The number of amides is 1. The van der Waals surface area contributed by atoms with Crippen molar-refractivity contribution in [2.24, 2.45) is 0 Å². The van der Waals surface area contributed by atoms with Gasteiger partial charge >= 0.3 is 0 Å². The fraction of sp³-hybridized carbons (Fsp3) is 0.438. The Bertz CT molecular complexity index is 649. The van der Waals surface area contributed by atoms with E-state index >= 15 is 0 Å². The topological polar surface area (TPSA) is 88.3 Å². The molecule has 0 unspecified atom stereocenters. The minimum Gasteiger partial charge on any atom is -0.507 e. The number of hydrogen-bond donors (Lipinski definition) is 2. The smallest absolute Gasteiger partial charge is 0.255 e. The molecule has 1 aromatic heterocycles. The van der Waals surface area contributed by atoms with Gasteiger partial charge in [-0.3, -0.25) is 4.79 Å². The van der Waals surface area contributed by atoms with Gasteiger partial charge in [0.2, 0.25) is 6.39 Å². The molecule has 0 fully saturated rings. The Kier molecular flexibility index (Phi) is 4.80. The average Bonchev–Trinajstić information content (AvgIpc) is 2.97. The summed E-state index contributed by atoms with van der Waals surface area (Å²) in [7, 11) is 0. The van der Waals surface area contributed by atoms with E-state index in [9.17, 15) is 9.90 Å². The number of carbonyl (C=O) groups excluding carboxylic acids is 1. The van der Waals surface area contributed by atoms with Crippen molar-refractivity contribution < 1.29 is 14.4 Å². The lowest BCUT2D eigenvalue weighted by atomic mass is 9.91. The number of aromatic nitrogens is 2. The first-order valence-electron chi connectivity index (χ1n) is 7.30. The lowest BCUT2D eigenvalue weighted by Crippen LogP contribution is -2.24. The molecule has 1 amide bonds. The summed E-state index contributed by atoms with van der Waals surface area (Å²) in [5, 5.41) is 16.7. The fourth-order valence-electron chi connectivity index (χ4n) is 2.15. The van der Waals surface area contributed by atoms with E-state index in [0.717, 1.165) is 11.1 Å². The summed E-state index contributed by atoms with van der Waals surface area (Å²) >= 11 is 0. The summed E-state index contributed by atoms with van der Waals surface area (Å²) in [5.41, 5.74) is 2.07. The second kappa shape index (κ2) is 6.60. The molecule has 6 heteroatoms. The van der Waals surface area contributed by atoms with Gasteiger partial charge in [0.15, 0.2) is 5.82 Å². The van der Waals surface area contributed by atoms with Gasteiger partial charge in [0.05, 0.1) is 12.1 Å². The van der Waals surface area contributed by atoms with E-state index in [1.165, 1.54) is 6.39 Å². The quantitative estimate of drug-likeness (QED) is 0.886. The highest BCUT2D eigenvalue weighted by atomic mass is 16.5. The molecule has 2 rings (SSSR count). The predicted octanol–water partition coefficient (Wildman–Crippen LogP) is 2.95. The van der Waals surface area contributed by atoms with Crippen molar-refractivity contribution in [2.45, 2.75) is 46.1 Å². The van der Waals surface area contributed by atoms with Crippen LogP contribution in [0.1, 0.15) is 66.8 Å². The van der Waals surface area contributed by atoms with E-state index in [-0.39, 0.29) is 35.6 Å². The van der Waals surface area contributed by atoms with Crippen LogP contribution in [0.4, 0.5) is 0 Å². The van der Waals surface area contributed by atoms with Crippen molar-refractivity contribution in [2.75, 3.05) is 0 Å². The number of nitrogens with zero attached hydrogens (tertiary/aromatic N) is 2. The highest BCUT2D eigenvalue weighted by Crippen LogP contribution is 2.33. The van der Waals surface area contributed by atoms with Gasteiger partial charge in [-0.25, -0.2) is 0 Å². The molecule has 0 radical (unpaired) electrons. The maximum Gasteiger partial charge on any atom is 0.255 e. The summed E-state index contributed by atoms with van der Waals surface area (Å²) in [6, 6.07) is 3.69. The van der Waals surface area contributed by atoms with E-state index in [0.29, 0.717) is 5.82 Å². The van der Waals surface area contributed by atoms with Crippen LogP contribution in [0, 0.1) is 0 Å². The number of rotatable bonds is 5. The third-order valence-electron chi connectivity index (χ3n) is 3.51. The van der Waals surface area contributed by atoms with Gasteiger partial charge in [0.25, 0.3) is 5.91 Å². The van der Waals surface area contributed by atoms with Crippen molar-refractivity contribution in [1.29, 1.82) is 0 Å². The van der Waals surface area contributed by atoms with E-state index in [2.05, 4.69) is 33.8 Å². The molecule has 2 N–H and O–H groups in total. The third kappa shape index (κ3) is 3.44. The molecular weight excluding hydrogens is 282 g/mol. The van der Waals surface area contributed by atoms with Gasteiger partial charge in [0.1, 0.15) is 5.75 Å². The summed E-state index contributed by atoms with van der Waals surface area (Å²) in [6.07, 6.45) is 1.20. The fourth-order valence-corrected chi connectivity index (χ4v) is 2.15. The Labute approximate surface area is 129 Å². The monoisotopic (exact) mass is 303 g/mol. The number of hydrogen-bond acceptors (Lipinski definition) is 5. The lowest BCUT2D eigenvalue weighted by molar-refractivity contribution is 0.0946. The number of phenols is 1. The Hall–Kier alpha value is -2.37. The zero-order valence-corrected chi connectivity index (χ0v) is 13.3. The van der Waals surface area contributed by atoms with Crippen molar-refractivity contribution >= 4 is 5.91 Å². The number of benzene rings is 1. The molecule has 0 saturated carbocycles. The molecule has 1 heterocycles. The molecule has 0 spiro atoms. The predicted molar refractivity (Wildman–Crippen MR) is 81.8 cm³/mol. The van der Waals surface area contributed by atoms with Gasteiger partial charge < -0.3 is 14.9 Å². The molecule has 0 bridgehead atoms. The maximum absolute atomic E-state index is 12.4. The van der Waals surface area contributed by atoms with Crippen LogP contribution in [-0.4, -0.2) is 21.2 Å². The molecular formula is C16H21N3O3. The van der Waals surface area contributed by atoms with E-state index in [1.54, 1.807) is 6.07 Å². The molecule has 0 aliphatic carbocycles. The van der Waals surface area contributed by atoms with Crippen LogP contribution >= 0.6 is 0 Å². The lowest BCUT2D eigenvalue weighted by Gasteiger charge is -2.16. The minimum atomic E-state index is -0.355. The van der Waals surface area contributed by atoms with Crippen LogP contribution in [0.25, 0.3) is 0 Å². The SMILES string of the molecule is CC(C)c1cc(C(=O)NCc2ncon2)c(O)c(C(C)C)c1.